The molecule has 2 rings (SSSR count). The number of nitrogens with one attached hydrogen (secondary N) is 1. The first-order chi connectivity index (χ1) is 11.5. The SMILES string of the molecule is COC(=O)[C@H](Cc1ccccc1F)NC(=O)[C@@H](O)c1ccccc1. The van der Waals surface area contributed by atoms with Crippen LogP contribution in [0.15, 0.2) is 54.6 Å². The second kappa shape index (κ2) is 8.21. The van der Waals surface area contributed by atoms with Crippen LogP contribution in [0.5, 0.6) is 0 Å². The summed E-state index contributed by atoms with van der Waals surface area (Å²) in [4.78, 5) is 24.1. The van der Waals surface area contributed by atoms with Gasteiger partial charge in [-0.2, -0.15) is 0 Å². The van der Waals surface area contributed by atoms with Crippen LogP contribution in [-0.4, -0.2) is 30.1 Å². The minimum absolute atomic E-state index is 0.0768. The average molecular weight is 331 g/mol. The van der Waals surface area contributed by atoms with Gasteiger partial charge >= 0.3 is 5.97 Å². The van der Waals surface area contributed by atoms with E-state index in [2.05, 4.69) is 10.1 Å². The van der Waals surface area contributed by atoms with Gasteiger partial charge in [-0.1, -0.05) is 48.5 Å². The fourth-order valence-electron chi connectivity index (χ4n) is 2.26. The Bertz CT molecular complexity index is 705. The Morgan fingerprint density at radius 3 is 2.38 bits per heavy atom. The molecule has 0 heterocycles. The van der Waals surface area contributed by atoms with E-state index in [1.54, 1.807) is 36.4 Å². The summed E-state index contributed by atoms with van der Waals surface area (Å²) in [7, 11) is 1.18. The zero-order chi connectivity index (χ0) is 17.5. The van der Waals surface area contributed by atoms with Gasteiger partial charge < -0.3 is 15.2 Å². The molecular weight excluding hydrogens is 313 g/mol. The molecule has 0 radical (unpaired) electrons. The van der Waals surface area contributed by atoms with Crippen molar-refractivity contribution in [1.82, 2.24) is 5.32 Å². The van der Waals surface area contributed by atoms with Crippen LogP contribution in [-0.2, 0) is 20.7 Å². The summed E-state index contributed by atoms with van der Waals surface area (Å²) in [6.07, 6.45) is -1.51. The maximum atomic E-state index is 13.8. The van der Waals surface area contributed by atoms with Gasteiger partial charge in [-0.25, -0.2) is 9.18 Å². The maximum absolute atomic E-state index is 13.8. The molecule has 24 heavy (non-hydrogen) atoms. The van der Waals surface area contributed by atoms with E-state index in [-0.39, 0.29) is 12.0 Å². The van der Waals surface area contributed by atoms with E-state index in [9.17, 15) is 19.1 Å². The Morgan fingerprint density at radius 1 is 1.12 bits per heavy atom. The van der Waals surface area contributed by atoms with Crippen molar-refractivity contribution in [3.05, 3.63) is 71.5 Å². The van der Waals surface area contributed by atoms with E-state index in [1.165, 1.54) is 25.3 Å². The van der Waals surface area contributed by atoms with Gasteiger partial charge in [-0.15, -0.1) is 0 Å². The van der Waals surface area contributed by atoms with Crippen LogP contribution in [0.1, 0.15) is 17.2 Å². The van der Waals surface area contributed by atoms with E-state index >= 15 is 0 Å². The van der Waals surface area contributed by atoms with Gasteiger partial charge in [-0.05, 0) is 17.2 Å². The summed E-state index contributed by atoms with van der Waals surface area (Å²) in [5, 5.41) is 12.5. The molecule has 2 N–H and O–H groups in total. The minimum Gasteiger partial charge on any atom is -0.467 e. The molecular formula is C18H18FNO4. The number of carbonyl (C=O) groups excluding carboxylic acids is 2. The van der Waals surface area contributed by atoms with E-state index in [1.807, 2.05) is 0 Å². The van der Waals surface area contributed by atoms with E-state index in [0.29, 0.717) is 5.56 Å². The first-order valence-corrected chi connectivity index (χ1v) is 7.37. The summed E-state index contributed by atoms with van der Waals surface area (Å²) < 4.78 is 18.4. The molecule has 0 aromatic heterocycles. The molecule has 0 fully saturated rings. The summed E-state index contributed by atoms with van der Waals surface area (Å²) in [5.41, 5.74) is 0.659. The molecule has 0 spiro atoms. The molecule has 0 aliphatic rings. The number of benzene rings is 2. The Balaban J connectivity index is 2.13. The number of methoxy groups -OCH3 is 1. The second-order valence-electron chi connectivity index (χ2n) is 5.19. The van der Waals surface area contributed by atoms with E-state index in [4.69, 9.17) is 0 Å². The van der Waals surface area contributed by atoms with Crippen LogP contribution >= 0.6 is 0 Å². The predicted molar refractivity (Wildman–Crippen MR) is 85.5 cm³/mol. The highest BCUT2D eigenvalue weighted by Crippen LogP contribution is 2.14. The number of ether oxygens (including phenoxy) is 1. The van der Waals surface area contributed by atoms with E-state index in [0.717, 1.165) is 0 Å². The van der Waals surface area contributed by atoms with Crippen LogP contribution in [0.25, 0.3) is 0 Å². The third-order valence-corrected chi connectivity index (χ3v) is 3.55. The Morgan fingerprint density at radius 2 is 1.75 bits per heavy atom. The van der Waals surface area contributed by atoms with Gasteiger partial charge in [0.15, 0.2) is 6.10 Å². The molecule has 1 amide bonds. The molecule has 6 heteroatoms. The van der Waals surface area contributed by atoms with Crippen LogP contribution in [0.2, 0.25) is 0 Å². The lowest BCUT2D eigenvalue weighted by atomic mass is 10.0. The number of aliphatic hydroxyl groups excluding tert-OH is 1. The number of carbonyl (C=O) groups is 2. The van der Waals surface area contributed by atoms with Gasteiger partial charge in [-0.3, -0.25) is 4.79 Å². The van der Waals surface area contributed by atoms with Crippen LogP contribution in [0.4, 0.5) is 4.39 Å². The maximum Gasteiger partial charge on any atom is 0.328 e. The lowest BCUT2D eigenvalue weighted by Gasteiger charge is -2.19. The Labute approximate surface area is 139 Å². The largest absolute Gasteiger partial charge is 0.467 e. The standard InChI is InChI=1S/C18H18FNO4/c1-24-18(23)15(11-13-9-5-6-10-14(13)19)20-17(22)16(21)12-7-3-2-4-8-12/h2-10,15-16,21H,11H2,1H3,(H,20,22)/t15-,16-/m0/s1. The van der Waals surface area contributed by atoms with Gasteiger partial charge in [0.25, 0.3) is 5.91 Å². The number of aliphatic hydroxyl groups is 1. The van der Waals surface area contributed by atoms with Gasteiger partial charge in [0, 0.05) is 6.42 Å². The molecule has 0 aliphatic carbocycles. The number of rotatable bonds is 6. The van der Waals surface area contributed by atoms with Crippen LogP contribution < -0.4 is 5.32 Å². The van der Waals surface area contributed by atoms with E-state index < -0.39 is 29.8 Å². The van der Waals surface area contributed by atoms with Crippen molar-refractivity contribution in [3.63, 3.8) is 0 Å². The molecule has 2 aromatic rings. The van der Waals surface area contributed by atoms with Crippen LogP contribution in [0, 0.1) is 5.82 Å². The number of halogens is 1. The van der Waals surface area contributed by atoms with Crippen molar-refractivity contribution in [2.75, 3.05) is 7.11 Å². The number of hydrogen-bond acceptors (Lipinski definition) is 4. The first-order valence-electron chi connectivity index (χ1n) is 7.37. The summed E-state index contributed by atoms with van der Waals surface area (Å²) in [6.45, 7) is 0. The highest BCUT2D eigenvalue weighted by atomic mass is 19.1. The molecule has 0 aliphatic heterocycles. The van der Waals surface area contributed by atoms with Crippen molar-refractivity contribution >= 4 is 11.9 Å². The van der Waals surface area contributed by atoms with Crippen molar-refractivity contribution < 1.29 is 23.8 Å². The number of esters is 1. The lowest BCUT2D eigenvalue weighted by molar-refractivity contribution is -0.146. The fraction of sp³-hybridized carbons (Fsp3) is 0.222. The first kappa shape index (κ1) is 17.6. The molecule has 0 saturated carbocycles. The van der Waals surface area contributed by atoms with Gasteiger partial charge in [0.2, 0.25) is 0 Å². The quantitative estimate of drug-likeness (QED) is 0.791. The minimum atomic E-state index is -1.43. The smallest absolute Gasteiger partial charge is 0.328 e. The highest BCUT2D eigenvalue weighted by Gasteiger charge is 2.26. The van der Waals surface area contributed by atoms with Crippen molar-refractivity contribution in [3.8, 4) is 0 Å². The zero-order valence-electron chi connectivity index (χ0n) is 13.1. The third kappa shape index (κ3) is 4.39. The summed E-state index contributed by atoms with van der Waals surface area (Å²) in [6, 6.07) is 13.2. The van der Waals surface area contributed by atoms with Crippen molar-refractivity contribution in [2.24, 2.45) is 0 Å². The summed E-state index contributed by atoms with van der Waals surface area (Å²) >= 11 is 0. The number of amides is 1. The van der Waals surface area contributed by atoms with Crippen LogP contribution in [0.3, 0.4) is 0 Å². The van der Waals surface area contributed by atoms with Gasteiger partial charge in [0.05, 0.1) is 7.11 Å². The fourth-order valence-corrected chi connectivity index (χ4v) is 2.26. The molecule has 2 atom stereocenters. The van der Waals surface area contributed by atoms with Gasteiger partial charge in [0.1, 0.15) is 11.9 Å². The molecule has 2 aromatic carbocycles. The zero-order valence-corrected chi connectivity index (χ0v) is 13.1. The molecule has 0 bridgehead atoms. The highest BCUT2D eigenvalue weighted by molar-refractivity contribution is 5.87. The second-order valence-corrected chi connectivity index (χ2v) is 5.19. The molecule has 5 nitrogen and oxygen atoms in total. The molecule has 0 unspecified atom stereocenters. The predicted octanol–water partition coefficient (Wildman–Crippen LogP) is 1.76. The lowest BCUT2D eigenvalue weighted by Crippen LogP contribution is -2.45. The Kier molecular flexibility index (Phi) is 6.03. The monoisotopic (exact) mass is 331 g/mol. The molecule has 0 saturated heterocycles. The topological polar surface area (TPSA) is 75.6 Å². The van der Waals surface area contributed by atoms with Crippen molar-refractivity contribution in [2.45, 2.75) is 18.6 Å². The third-order valence-electron chi connectivity index (χ3n) is 3.55. The van der Waals surface area contributed by atoms with Crippen molar-refractivity contribution in [1.29, 1.82) is 0 Å². The average Bonchev–Trinajstić information content (AvgIpc) is 2.62. The Hall–Kier alpha value is -2.73. The normalized spacial score (nSPS) is 13.0. The number of hydrogen-bond donors (Lipinski definition) is 2. The summed E-state index contributed by atoms with van der Waals surface area (Å²) in [5.74, 6) is -1.95. The molecule has 126 valence electrons.